The summed E-state index contributed by atoms with van der Waals surface area (Å²) in [5.74, 6) is 1.88. The second-order valence-electron chi connectivity index (χ2n) is 15.9. The lowest BCUT2D eigenvalue weighted by atomic mass is 9.32. The third-order valence-electron chi connectivity index (χ3n) is 12.5. The number of para-hydroxylation sites is 3. The lowest BCUT2D eigenvalue weighted by Gasteiger charge is -2.37. The van der Waals surface area contributed by atoms with Gasteiger partial charge in [0.2, 0.25) is 6.71 Å². The molecule has 0 radical (unpaired) electrons. The highest BCUT2D eigenvalue weighted by Crippen LogP contribution is 2.47. The predicted octanol–water partition coefficient (Wildman–Crippen LogP) is 11.0. The van der Waals surface area contributed by atoms with Crippen LogP contribution in [-0.2, 0) is 0 Å². The molecule has 0 aromatic heterocycles. The van der Waals surface area contributed by atoms with Gasteiger partial charge in [0.05, 0.1) is 0 Å². The molecule has 0 saturated carbocycles. The Kier molecular flexibility index (Phi) is 8.25. The zero-order valence-corrected chi connectivity index (χ0v) is 35.2. The minimum Gasteiger partial charge on any atom is -0.458 e. The molecule has 9 aromatic rings. The van der Waals surface area contributed by atoms with Gasteiger partial charge in [0, 0.05) is 46.4 Å². The first-order valence-electron chi connectivity index (χ1n) is 20.7. The van der Waals surface area contributed by atoms with Crippen LogP contribution in [0.5, 0.6) is 11.5 Å². The van der Waals surface area contributed by atoms with Crippen LogP contribution in [-0.4, -0.2) is 13.4 Å². The van der Waals surface area contributed by atoms with Gasteiger partial charge in [0.25, 0.3) is 6.71 Å². The summed E-state index contributed by atoms with van der Waals surface area (Å²) in [4.78, 5) is 10.3. The van der Waals surface area contributed by atoms with Gasteiger partial charge in [-0.3, -0.25) is 0 Å². The summed E-state index contributed by atoms with van der Waals surface area (Å²) < 4.78 is 6.89. The number of fused-ring (bicyclic) bond motifs is 8. The Labute approximate surface area is 369 Å². The largest absolute Gasteiger partial charge is 0.458 e. The van der Waals surface area contributed by atoms with Crippen LogP contribution in [0, 0.1) is 0 Å². The Balaban J connectivity index is 0.996. The molecule has 13 rings (SSSR count). The van der Waals surface area contributed by atoms with Crippen LogP contribution in [0.1, 0.15) is 0 Å². The lowest BCUT2D eigenvalue weighted by Crippen LogP contribution is -2.62. The maximum absolute atomic E-state index is 6.89. The summed E-state index contributed by atoms with van der Waals surface area (Å²) in [7, 11) is 0. The van der Waals surface area contributed by atoms with E-state index in [1.165, 1.54) is 90.1 Å². The number of nitrogens with zero attached hydrogens (tertiary/aromatic N) is 1. The Bertz CT molecular complexity index is 3190. The SMILES string of the molecule is c1ccc(-c2ccccc2-c2cc3c4c(c2)Sc2cc5c(cc2B4c2ccccc2O3)B2c3ccccc3Sc3cc(N(c4ccccc4)c4ccccc4)cc(c32)S5)cc1. The van der Waals surface area contributed by atoms with Crippen molar-refractivity contribution in [1.82, 2.24) is 0 Å². The Hall–Kier alpha value is -6.24. The van der Waals surface area contributed by atoms with Crippen LogP contribution in [0.15, 0.2) is 230 Å². The Morgan fingerprint density at radius 2 is 0.852 bits per heavy atom. The molecule has 61 heavy (non-hydrogen) atoms. The predicted molar refractivity (Wildman–Crippen MR) is 260 cm³/mol. The quantitative estimate of drug-likeness (QED) is 0.160. The first-order valence-corrected chi connectivity index (χ1v) is 23.2. The first kappa shape index (κ1) is 35.5. The minimum absolute atomic E-state index is 0.0571. The van der Waals surface area contributed by atoms with Crippen LogP contribution in [0.25, 0.3) is 22.3 Å². The Morgan fingerprint density at radius 1 is 0.328 bits per heavy atom. The fourth-order valence-corrected chi connectivity index (χ4v) is 13.7. The summed E-state index contributed by atoms with van der Waals surface area (Å²) >= 11 is 5.74. The molecule has 0 fully saturated rings. The van der Waals surface area contributed by atoms with Crippen molar-refractivity contribution in [2.75, 3.05) is 4.90 Å². The van der Waals surface area contributed by atoms with Gasteiger partial charge in [-0.15, -0.1) is 0 Å². The minimum atomic E-state index is 0.0571. The average Bonchev–Trinajstić information content (AvgIpc) is 3.31. The van der Waals surface area contributed by atoms with Crippen LogP contribution >= 0.6 is 35.3 Å². The van der Waals surface area contributed by atoms with E-state index < -0.39 is 0 Å². The normalized spacial score (nSPS) is 13.4. The van der Waals surface area contributed by atoms with Crippen LogP contribution in [0.4, 0.5) is 17.1 Å². The van der Waals surface area contributed by atoms with Gasteiger partial charge in [0.15, 0.2) is 0 Å². The molecule has 0 spiro atoms. The highest BCUT2D eigenvalue weighted by molar-refractivity contribution is 8.01. The molecule has 0 unspecified atom stereocenters. The molecule has 0 saturated heterocycles. The first-order chi connectivity index (χ1) is 30.2. The number of benzene rings is 9. The molecule has 284 valence electrons. The fraction of sp³-hybridized carbons (Fsp3) is 0. The molecule has 9 aromatic carbocycles. The zero-order valence-electron chi connectivity index (χ0n) is 32.8. The van der Waals surface area contributed by atoms with Gasteiger partial charge in [-0.05, 0) is 105 Å². The van der Waals surface area contributed by atoms with Gasteiger partial charge in [-0.2, -0.15) is 0 Å². The monoisotopic (exact) mass is 829 g/mol. The van der Waals surface area contributed by atoms with E-state index in [1.54, 1.807) is 0 Å². The van der Waals surface area contributed by atoms with Crippen molar-refractivity contribution in [3.05, 3.63) is 200 Å². The molecule has 2 nitrogen and oxygen atoms in total. The van der Waals surface area contributed by atoms with Crippen LogP contribution < -0.4 is 42.4 Å². The summed E-state index contributed by atoms with van der Waals surface area (Å²) in [5.41, 5.74) is 16.3. The third-order valence-corrected chi connectivity index (χ3v) is 15.9. The lowest BCUT2D eigenvalue weighted by molar-refractivity contribution is 0.486. The molecule has 0 bridgehead atoms. The van der Waals surface area contributed by atoms with E-state index in [9.17, 15) is 0 Å². The molecule has 4 aliphatic rings. The van der Waals surface area contributed by atoms with E-state index in [4.69, 9.17) is 4.74 Å². The van der Waals surface area contributed by atoms with Crippen molar-refractivity contribution in [2.45, 2.75) is 29.4 Å². The zero-order chi connectivity index (χ0) is 40.0. The molecule has 0 aliphatic carbocycles. The van der Waals surface area contributed by atoms with E-state index in [2.05, 4.69) is 205 Å². The summed E-state index contributed by atoms with van der Waals surface area (Å²) in [6, 6.07) is 73.4. The average molecular weight is 830 g/mol. The third kappa shape index (κ3) is 5.71. The highest BCUT2D eigenvalue weighted by atomic mass is 32.2. The van der Waals surface area contributed by atoms with Crippen LogP contribution in [0.3, 0.4) is 0 Å². The topological polar surface area (TPSA) is 12.5 Å². The van der Waals surface area contributed by atoms with E-state index in [0.29, 0.717) is 0 Å². The summed E-state index contributed by atoms with van der Waals surface area (Å²) in [6.07, 6.45) is 0. The maximum atomic E-state index is 6.89. The second-order valence-corrected chi connectivity index (χ2v) is 19.2. The van der Waals surface area contributed by atoms with Gasteiger partial charge < -0.3 is 9.64 Å². The van der Waals surface area contributed by atoms with Gasteiger partial charge in [0.1, 0.15) is 11.5 Å². The van der Waals surface area contributed by atoms with Gasteiger partial charge >= 0.3 is 0 Å². The maximum Gasteiger partial charge on any atom is 0.253 e. The molecule has 0 amide bonds. The summed E-state index contributed by atoms with van der Waals surface area (Å²) in [5, 5.41) is 0. The molecule has 7 heteroatoms. The van der Waals surface area contributed by atoms with Crippen molar-refractivity contribution in [3.8, 4) is 33.8 Å². The molecule has 0 atom stereocenters. The van der Waals surface area contributed by atoms with E-state index in [-0.39, 0.29) is 13.4 Å². The van der Waals surface area contributed by atoms with Crippen molar-refractivity contribution < 1.29 is 4.74 Å². The summed E-state index contributed by atoms with van der Waals surface area (Å²) in [6.45, 7) is 0.180. The van der Waals surface area contributed by atoms with E-state index in [0.717, 1.165) is 22.9 Å². The number of hydrogen-bond acceptors (Lipinski definition) is 5. The smallest absolute Gasteiger partial charge is 0.253 e. The number of ether oxygens (including phenoxy) is 1. The molecule has 4 aliphatic heterocycles. The van der Waals surface area contributed by atoms with E-state index >= 15 is 0 Å². The van der Waals surface area contributed by atoms with Gasteiger partial charge in [-0.1, -0.05) is 185 Å². The van der Waals surface area contributed by atoms with Crippen LogP contribution in [0.2, 0.25) is 0 Å². The fourth-order valence-electron chi connectivity index (χ4n) is 9.86. The van der Waals surface area contributed by atoms with Crippen molar-refractivity contribution in [3.63, 3.8) is 0 Å². The molecule has 0 N–H and O–H groups in total. The molecule has 4 heterocycles. The van der Waals surface area contributed by atoms with Crippen molar-refractivity contribution in [1.29, 1.82) is 0 Å². The van der Waals surface area contributed by atoms with E-state index in [1.807, 2.05) is 35.3 Å². The molecular weight excluding hydrogens is 796 g/mol. The second kappa shape index (κ2) is 14.2. The number of rotatable bonds is 5. The van der Waals surface area contributed by atoms with Crippen molar-refractivity contribution >= 4 is 98.6 Å². The highest BCUT2D eigenvalue weighted by Gasteiger charge is 2.44. The van der Waals surface area contributed by atoms with Crippen molar-refractivity contribution in [2.24, 2.45) is 0 Å². The Morgan fingerprint density at radius 3 is 1.54 bits per heavy atom. The van der Waals surface area contributed by atoms with Gasteiger partial charge in [-0.25, -0.2) is 0 Å². The standard InChI is InChI=1S/C54H33B2NOS3/c1-4-16-34(17-5-1)39-22-10-11-23-40(39)35-28-46-53-50(29-35)60-48-33-49-44(32-43(48)55(53)41-24-12-14-26-45(41)58-46)56-42-25-13-15-27-47(42)59-51-30-38(31-52(61-49)54(51)56)57(36-18-6-2-7-19-36)37-20-8-3-9-21-37/h1-33H. The number of hydrogen-bond donors (Lipinski definition) is 0. The molecular formula is C54H33B2NOS3. The number of anilines is 3.